The van der Waals surface area contributed by atoms with E-state index in [1.165, 1.54) is 0 Å². The maximum Gasteiger partial charge on any atom is 0.332 e. The molecule has 0 aliphatic carbocycles. The molecular weight excluding hydrogens is 208 g/mol. The normalized spacial score (nSPS) is 14.4. The van der Waals surface area contributed by atoms with Gasteiger partial charge in [0.05, 0.1) is 11.1 Å². The quantitative estimate of drug-likeness (QED) is 0.712. The van der Waals surface area contributed by atoms with Crippen LogP contribution in [0.3, 0.4) is 0 Å². The fraction of sp³-hybridized carbons (Fsp3) is 0.667. The summed E-state index contributed by atoms with van der Waals surface area (Å²) in [6.07, 6.45) is 0. The summed E-state index contributed by atoms with van der Waals surface area (Å²) in [6, 6.07) is 0. The number of aliphatic carboxylic acids is 2. The van der Waals surface area contributed by atoms with Crippen LogP contribution in [-0.4, -0.2) is 22.2 Å². The maximum absolute atomic E-state index is 11.2. The molecule has 0 unspecified atom stereocenters. The van der Waals surface area contributed by atoms with Gasteiger partial charge in [0.25, 0.3) is 0 Å². The minimum Gasteiger partial charge on any atom is -0.478 e. The molecule has 0 amide bonds. The van der Waals surface area contributed by atoms with Gasteiger partial charge in [-0.1, -0.05) is 41.5 Å². The van der Waals surface area contributed by atoms with Gasteiger partial charge in [0.2, 0.25) is 0 Å². The molecule has 0 aromatic rings. The lowest BCUT2D eigenvalue weighted by molar-refractivity contribution is -0.137. The van der Waals surface area contributed by atoms with Crippen LogP contribution in [0.2, 0.25) is 0 Å². The summed E-state index contributed by atoms with van der Waals surface area (Å²) >= 11 is 0. The minimum atomic E-state index is -1.17. The van der Waals surface area contributed by atoms with Crippen molar-refractivity contribution in [3.8, 4) is 0 Å². The van der Waals surface area contributed by atoms with Crippen molar-refractivity contribution in [2.45, 2.75) is 41.5 Å². The Kier molecular flexibility index (Phi) is 3.92. The Morgan fingerprint density at radius 2 is 0.875 bits per heavy atom. The van der Waals surface area contributed by atoms with Crippen LogP contribution in [0.15, 0.2) is 11.1 Å². The molecule has 0 atom stereocenters. The summed E-state index contributed by atoms with van der Waals surface area (Å²) in [6.45, 7) is 10.2. The van der Waals surface area contributed by atoms with Gasteiger partial charge in [0, 0.05) is 0 Å². The van der Waals surface area contributed by atoms with Crippen LogP contribution in [0.25, 0.3) is 0 Å². The van der Waals surface area contributed by atoms with E-state index in [0.717, 1.165) is 0 Å². The van der Waals surface area contributed by atoms with E-state index in [1.807, 2.05) is 0 Å². The third-order valence-corrected chi connectivity index (χ3v) is 2.18. The molecule has 0 saturated heterocycles. The highest BCUT2D eigenvalue weighted by molar-refractivity contribution is 6.00. The van der Waals surface area contributed by atoms with Crippen molar-refractivity contribution in [2.24, 2.45) is 10.8 Å². The van der Waals surface area contributed by atoms with Gasteiger partial charge >= 0.3 is 11.9 Å². The Bertz CT molecular complexity index is 303. The molecule has 0 rings (SSSR count). The van der Waals surface area contributed by atoms with Gasteiger partial charge in [-0.25, -0.2) is 9.59 Å². The van der Waals surface area contributed by atoms with E-state index in [2.05, 4.69) is 0 Å². The van der Waals surface area contributed by atoms with Gasteiger partial charge < -0.3 is 10.2 Å². The summed E-state index contributed by atoms with van der Waals surface area (Å²) in [7, 11) is 0. The second-order valence-corrected chi connectivity index (χ2v) is 5.86. The molecule has 0 aromatic heterocycles. The number of carboxylic acids is 2. The molecule has 0 aromatic carbocycles. The van der Waals surface area contributed by atoms with E-state index in [1.54, 1.807) is 41.5 Å². The van der Waals surface area contributed by atoms with Crippen LogP contribution in [0.5, 0.6) is 0 Å². The summed E-state index contributed by atoms with van der Waals surface area (Å²) in [4.78, 5) is 22.4. The van der Waals surface area contributed by atoms with E-state index in [9.17, 15) is 19.8 Å². The second-order valence-electron chi connectivity index (χ2n) is 5.86. The summed E-state index contributed by atoms with van der Waals surface area (Å²) < 4.78 is 0. The lowest BCUT2D eigenvalue weighted by Crippen LogP contribution is -2.29. The smallest absolute Gasteiger partial charge is 0.332 e. The zero-order valence-corrected chi connectivity index (χ0v) is 10.7. The SMILES string of the molecule is CC(C)(C)/C(C(=O)O)=C(\C(=O)O)C(C)(C)C. The number of carboxylic acid groups (broad SMARTS) is 2. The predicted molar refractivity (Wildman–Crippen MR) is 61.2 cm³/mol. The van der Waals surface area contributed by atoms with E-state index in [4.69, 9.17) is 0 Å². The molecule has 0 heterocycles. The molecule has 16 heavy (non-hydrogen) atoms. The van der Waals surface area contributed by atoms with Crippen molar-refractivity contribution >= 4 is 11.9 Å². The first kappa shape index (κ1) is 14.7. The fourth-order valence-electron chi connectivity index (χ4n) is 1.61. The fourth-order valence-corrected chi connectivity index (χ4v) is 1.61. The Morgan fingerprint density at radius 1 is 0.688 bits per heavy atom. The van der Waals surface area contributed by atoms with E-state index < -0.39 is 22.8 Å². The molecule has 0 spiro atoms. The molecule has 0 aliphatic heterocycles. The average Bonchev–Trinajstić information content (AvgIpc) is 1.92. The van der Waals surface area contributed by atoms with Gasteiger partial charge in [-0.15, -0.1) is 0 Å². The molecule has 4 heteroatoms. The molecule has 2 N–H and O–H groups in total. The highest BCUT2D eigenvalue weighted by Gasteiger charge is 2.36. The van der Waals surface area contributed by atoms with Crippen molar-refractivity contribution < 1.29 is 19.8 Å². The molecule has 92 valence electrons. The van der Waals surface area contributed by atoms with Crippen LogP contribution in [0, 0.1) is 10.8 Å². The Labute approximate surface area is 96.0 Å². The van der Waals surface area contributed by atoms with Crippen molar-refractivity contribution in [2.75, 3.05) is 0 Å². The molecular formula is C12H20O4. The van der Waals surface area contributed by atoms with Gasteiger partial charge in [0.15, 0.2) is 0 Å². The van der Waals surface area contributed by atoms with E-state index in [0.29, 0.717) is 0 Å². The number of rotatable bonds is 2. The van der Waals surface area contributed by atoms with E-state index >= 15 is 0 Å². The molecule has 0 bridgehead atoms. The van der Waals surface area contributed by atoms with Gasteiger partial charge in [0.1, 0.15) is 0 Å². The largest absolute Gasteiger partial charge is 0.478 e. The molecule has 0 saturated carbocycles. The minimum absolute atomic E-state index is 0.0347. The molecule has 0 fully saturated rings. The summed E-state index contributed by atoms with van der Waals surface area (Å²) in [5.41, 5.74) is -1.47. The Morgan fingerprint density at radius 3 is 0.938 bits per heavy atom. The lowest BCUT2D eigenvalue weighted by Gasteiger charge is -2.28. The Hall–Kier alpha value is -1.32. The monoisotopic (exact) mass is 228 g/mol. The van der Waals surface area contributed by atoms with Crippen molar-refractivity contribution in [3.05, 3.63) is 11.1 Å². The van der Waals surface area contributed by atoms with E-state index in [-0.39, 0.29) is 11.1 Å². The third-order valence-electron chi connectivity index (χ3n) is 2.18. The molecule has 0 aliphatic rings. The zero-order chi connectivity index (χ0) is 13.3. The first-order valence-corrected chi connectivity index (χ1v) is 5.11. The standard InChI is InChI=1S/C12H20O4/c1-11(2,3)7(9(13)14)8(10(15)16)12(4,5)6/h1-6H3,(H,13,14)(H,15,16)/b8-7+. The Balaban J connectivity index is 6.09. The van der Waals surface area contributed by atoms with Gasteiger partial charge in [-0.2, -0.15) is 0 Å². The van der Waals surface area contributed by atoms with Gasteiger partial charge in [-0.05, 0) is 10.8 Å². The van der Waals surface area contributed by atoms with Crippen LogP contribution in [0.4, 0.5) is 0 Å². The number of hydrogen-bond donors (Lipinski definition) is 2. The third kappa shape index (κ3) is 3.36. The first-order chi connectivity index (χ1) is 6.89. The van der Waals surface area contributed by atoms with Crippen molar-refractivity contribution in [1.82, 2.24) is 0 Å². The average molecular weight is 228 g/mol. The first-order valence-electron chi connectivity index (χ1n) is 5.11. The second kappa shape index (κ2) is 4.28. The molecule has 4 nitrogen and oxygen atoms in total. The number of hydrogen-bond acceptors (Lipinski definition) is 2. The van der Waals surface area contributed by atoms with Gasteiger partial charge in [-0.3, -0.25) is 0 Å². The predicted octanol–water partition coefficient (Wildman–Crippen LogP) is 2.54. The van der Waals surface area contributed by atoms with Crippen LogP contribution in [0.1, 0.15) is 41.5 Å². The van der Waals surface area contributed by atoms with Crippen LogP contribution in [-0.2, 0) is 9.59 Å². The molecule has 0 radical (unpaired) electrons. The van der Waals surface area contributed by atoms with Crippen molar-refractivity contribution in [3.63, 3.8) is 0 Å². The summed E-state index contributed by atoms with van der Waals surface area (Å²) in [5, 5.41) is 18.3. The topological polar surface area (TPSA) is 74.6 Å². The van der Waals surface area contributed by atoms with Crippen LogP contribution >= 0.6 is 0 Å². The highest BCUT2D eigenvalue weighted by Crippen LogP contribution is 2.36. The number of carbonyl (C=O) groups is 2. The highest BCUT2D eigenvalue weighted by atomic mass is 16.4. The van der Waals surface area contributed by atoms with Crippen molar-refractivity contribution in [1.29, 1.82) is 0 Å². The maximum atomic E-state index is 11.2. The zero-order valence-electron chi connectivity index (χ0n) is 10.7. The summed E-state index contributed by atoms with van der Waals surface area (Å²) in [5.74, 6) is -2.33. The van der Waals surface area contributed by atoms with Crippen LogP contribution < -0.4 is 0 Å². The lowest BCUT2D eigenvalue weighted by atomic mass is 9.75.